The first-order chi connectivity index (χ1) is 14.0. The van der Waals surface area contributed by atoms with E-state index >= 15 is 0 Å². The molecule has 1 saturated carbocycles. The first-order valence-electron chi connectivity index (χ1n) is 10.4. The molecule has 1 aliphatic carbocycles. The number of aromatic nitrogens is 1. The van der Waals surface area contributed by atoms with Crippen molar-refractivity contribution in [2.24, 2.45) is 7.05 Å². The fourth-order valence-corrected chi connectivity index (χ4v) is 4.14. The molecule has 1 fully saturated rings. The molecule has 0 N–H and O–H groups in total. The van der Waals surface area contributed by atoms with E-state index in [0.717, 1.165) is 29.9 Å². The smallest absolute Gasteiger partial charge is 0.242 e. The van der Waals surface area contributed by atoms with Gasteiger partial charge in [0.1, 0.15) is 6.54 Å². The van der Waals surface area contributed by atoms with E-state index in [9.17, 15) is 9.59 Å². The fraction of sp³-hybridized carbons (Fsp3) is 0.478. The zero-order chi connectivity index (χ0) is 20.8. The van der Waals surface area contributed by atoms with Crippen LogP contribution in [0.15, 0.2) is 53.6 Å². The van der Waals surface area contributed by atoms with Crippen LogP contribution in [0.25, 0.3) is 0 Å². The lowest BCUT2D eigenvalue weighted by atomic mass is 10.2. The van der Waals surface area contributed by atoms with Crippen LogP contribution in [0.5, 0.6) is 0 Å². The van der Waals surface area contributed by atoms with Gasteiger partial charge >= 0.3 is 0 Å². The maximum Gasteiger partial charge on any atom is 0.242 e. The predicted octanol–water partition coefficient (Wildman–Crippen LogP) is 3.94. The molecule has 2 aromatic rings. The molecule has 1 heterocycles. The van der Waals surface area contributed by atoms with E-state index in [1.54, 1.807) is 4.90 Å². The van der Waals surface area contributed by atoms with E-state index in [1.807, 2.05) is 61.5 Å². The summed E-state index contributed by atoms with van der Waals surface area (Å²) in [5, 5.41) is 0. The van der Waals surface area contributed by atoms with E-state index in [4.69, 9.17) is 0 Å². The van der Waals surface area contributed by atoms with Crippen molar-refractivity contribution < 1.29 is 9.59 Å². The van der Waals surface area contributed by atoms with Crippen LogP contribution >= 0.6 is 11.8 Å². The Hall–Kier alpha value is -2.21. The normalized spacial score (nSPS) is 14.4. The van der Waals surface area contributed by atoms with Crippen molar-refractivity contribution in [3.05, 3.63) is 54.4 Å². The van der Waals surface area contributed by atoms with Crippen molar-refractivity contribution in [3.8, 4) is 0 Å². The summed E-state index contributed by atoms with van der Waals surface area (Å²) >= 11 is 1.53. The second-order valence-electron chi connectivity index (χ2n) is 7.74. The molecule has 1 aromatic carbocycles. The van der Waals surface area contributed by atoms with Gasteiger partial charge in [-0.3, -0.25) is 9.59 Å². The number of benzene rings is 1. The maximum atomic E-state index is 13.2. The number of carbonyl (C=O) groups is 2. The molecule has 0 radical (unpaired) electrons. The van der Waals surface area contributed by atoms with Gasteiger partial charge in [0.2, 0.25) is 11.8 Å². The predicted molar refractivity (Wildman–Crippen MR) is 118 cm³/mol. The number of nitrogens with zero attached hydrogens (tertiary/aromatic N) is 3. The Balaban J connectivity index is 1.65. The summed E-state index contributed by atoms with van der Waals surface area (Å²) < 4.78 is 2.05. The SMILES string of the molecule is CCC(C)N(CC(=O)N(Cc1cccn1C)C1CC1)C(=O)CSc1ccccc1. The Labute approximate surface area is 178 Å². The lowest BCUT2D eigenvalue weighted by molar-refractivity contribution is -0.141. The molecule has 3 rings (SSSR count). The van der Waals surface area contributed by atoms with Gasteiger partial charge in [-0.05, 0) is 50.5 Å². The van der Waals surface area contributed by atoms with E-state index in [1.165, 1.54) is 11.8 Å². The van der Waals surface area contributed by atoms with Crippen molar-refractivity contribution >= 4 is 23.6 Å². The summed E-state index contributed by atoms with van der Waals surface area (Å²) in [6.45, 7) is 4.85. The monoisotopic (exact) mass is 413 g/mol. The number of thioether (sulfide) groups is 1. The van der Waals surface area contributed by atoms with Gasteiger partial charge in [0.15, 0.2) is 0 Å². The maximum absolute atomic E-state index is 13.2. The fourth-order valence-electron chi connectivity index (χ4n) is 3.33. The standard InChI is InChI=1S/C23H31N3O2S/c1-4-18(2)25(23(28)17-29-21-10-6-5-7-11-21)16-22(27)26(19-12-13-19)15-20-9-8-14-24(20)3/h5-11,14,18-19H,4,12-13,15-17H2,1-3H3. The van der Waals surface area contributed by atoms with E-state index in [0.29, 0.717) is 18.3 Å². The third-order valence-electron chi connectivity index (χ3n) is 5.55. The average molecular weight is 414 g/mol. The number of hydrogen-bond donors (Lipinski definition) is 0. The minimum absolute atomic E-state index is 0.0242. The van der Waals surface area contributed by atoms with Crippen LogP contribution in [0, 0.1) is 0 Å². The molecule has 5 nitrogen and oxygen atoms in total. The first-order valence-corrected chi connectivity index (χ1v) is 11.3. The Morgan fingerprint density at radius 2 is 1.86 bits per heavy atom. The Morgan fingerprint density at radius 1 is 1.14 bits per heavy atom. The Kier molecular flexibility index (Phi) is 7.42. The van der Waals surface area contributed by atoms with Crippen molar-refractivity contribution in [3.63, 3.8) is 0 Å². The van der Waals surface area contributed by atoms with Crippen LogP contribution in [0.2, 0.25) is 0 Å². The molecule has 1 unspecified atom stereocenters. The van der Waals surface area contributed by atoms with Gasteiger partial charge in [-0.1, -0.05) is 25.1 Å². The van der Waals surface area contributed by atoms with Gasteiger partial charge in [0, 0.05) is 35.9 Å². The highest BCUT2D eigenvalue weighted by atomic mass is 32.2. The highest BCUT2D eigenvalue weighted by Gasteiger charge is 2.34. The number of amides is 2. The molecule has 0 aliphatic heterocycles. The zero-order valence-electron chi connectivity index (χ0n) is 17.6. The summed E-state index contributed by atoms with van der Waals surface area (Å²) in [5.74, 6) is 0.423. The summed E-state index contributed by atoms with van der Waals surface area (Å²) in [5.41, 5.74) is 1.12. The minimum atomic E-state index is 0.0242. The molecule has 156 valence electrons. The molecule has 1 atom stereocenters. The second-order valence-corrected chi connectivity index (χ2v) is 8.79. The molecular formula is C23H31N3O2S. The third-order valence-corrected chi connectivity index (χ3v) is 6.54. The molecule has 1 aromatic heterocycles. The Bertz CT molecular complexity index is 817. The van der Waals surface area contributed by atoms with Gasteiger partial charge in [-0.2, -0.15) is 0 Å². The van der Waals surface area contributed by atoms with Crippen molar-refractivity contribution in [2.45, 2.75) is 56.6 Å². The molecule has 29 heavy (non-hydrogen) atoms. The molecule has 0 spiro atoms. The third kappa shape index (κ3) is 5.89. The number of hydrogen-bond acceptors (Lipinski definition) is 3. The lowest BCUT2D eigenvalue weighted by Gasteiger charge is -2.31. The van der Waals surface area contributed by atoms with Crippen LogP contribution < -0.4 is 0 Å². The van der Waals surface area contributed by atoms with E-state index in [2.05, 4.69) is 17.6 Å². The highest BCUT2D eigenvalue weighted by molar-refractivity contribution is 8.00. The van der Waals surface area contributed by atoms with Gasteiger partial charge in [-0.25, -0.2) is 0 Å². The largest absolute Gasteiger partial charge is 0.353 e. The summed E-state index contributed by atoms with van der Waals surface area (Å²) in [4.78, 5) is 30.9. The summed E-state index contributed by atoms with van der Waals surface area (Å²) in [7, 11) is 2.00. The second kappa shape index (κ2) is 10.0. The van der Waals surface area contributed by atoms with Gasteiger partial charge in [0.25, 0.3) is 0 Å². The van der Waals surface area contributed by atoms with Crippen molar-refractivity contribution in [1.29, 1.82) is 0 Å². The quantitative estimate of drug-likeness (QED) is 0.554. The molecule has 0 saturated heterocycles. The van der Waals surface area contributed by atoms with Crippen LogP contribution in [0.4, 0.5) is 0 Å². The van der Waals surface area contributed by atoms with Crippen LogP contribution in [-0.2, 0) is 23.2 Å². The Morgan fingerprint density at radius 3 is 2.45 bits per heavy atom. The lowest BCUT2D eigenvalue weighted by Crippen LogP contribution is -2.47. The van der Waals surface area contributed by atoms with E-state index in [-0.39, 0.29) is 24.4 Å². The van der Waals surface area contributed by atoms with Crippen LogP contribution in [0.1, 0.15) is 38.8 Å². The highest BCUT2D eigenvalue weighted by Crippen LogP contribution is 2.29. The first kappa shape index (κ1) is 21.5. The van der Waals surface area contributed by atoms with Crippen LogP contribution in [0.3, 0.4) is 0 Å². The topological polar surface area (TPSA) is 45.6 Å². The molecule has 0 bridgehead atoms. The van der Waals surface area contributed by atoms with Crippen molar-refractivity contribution in [2.75, 3.05) is 12.3 Å². The number of rotatable bonds is 10. The molecular weight excluding hydrogens is 382 g/mol. The minimum Gasteiger partial charge on any atom is -0.353 e. The zero-order valence-corrected chi connectivity index (χ0v) is 18.4. The van der Waals surface area contributed by atoms with Crippen LogP contribution in [-0.4, -0.2) is 50.6 Å². The number of carbonyl (C=O) groups excluding carboxylic acids is 2. The van der Waals surface area contributed by atoms with Gasteiger partial charge < -0.3 is 14.4 Å². The number of aryl methyl sites for hydroxylation is 1. The summed E-state index contributed by atoms with van der Waals surface area (Å²) in [6, 6.07) is 14.3. The summed E-state index contributed by atoms with van der Waals surface area (Å²) in [6.07, 6.45) is 4.94. The molecule has 1 aliphatic rings. The molecule has 2 amide bonds. The van der Waals surface area contributed by atoms with E-state index < -0.39 is 0 Å². The molecule has 6 heteroatoms. The average Bonchev–Trinajstić information content (AvgIpc) is 3.50. The van der Waals surface area contributed by atoms with Gasteiger partial charge in [-0.15, -0.1) is 11.8 Å². The van der Waals surface area contributed by atoms with Crippen molar-refractivity contribution in [1.82, 2.24) is 14.4 Å². The van der Waals surface area contributed by atoms with Gasteiger partial charge in [0.05, 0.1) is 12.3 Å².